The lowest BCUT2D eigenvalue weighted by Gasteiger charge is -2.13. The van der Waals surface area contributed by atoms with Gasteiger partial charge in [-0.1, -0.05) is 0 Å². The number of nitrogens with two attached hydrogens (primary N) is 1. The first-order chi connectivity index (χ1) is 6.78. The topological polar surface area (TPSA) is 55.3 Å². The van der Waals surface area contributed by atoms with Crippen LogP contribution >= 0.6 is 0 Å². The summed E-state index contributed by atoms with van der Waals surface area (Å²) in [6.45, 7) is 5.80. The van der Waals surface area contributed by atoms with E-state index in [4.69, 9.17) is 10.2 Å². The van der Waals surface area contributed by atoms with Gasteiger partial charge in [0.25, 0.3) is 0 Å². The van der Waals surface area contributed by atoms with Crippen LogP contribution in [-0.2, 0) is 6.54 Å². The Morgan fingerprint density at radius 3 is 3.14 bits per heavy atom. The molecule has 1 aliphatic heterocycles. The Morgan fingerprint density at radius 1 is 1.71 bits per heavy atom. The molecule has 1 aromatic heterocycles. The molecule has 0 spiro atoms. The van der Waals surface area contributed by atoms with Gasteiger partial charge in [-0.2, -0.15) is 0 Å². The van der Waals surface area contributed by atoms with E-state index in [1.807, 2.05) is 6.92 Å². The lowest BCUT2D eigenvalue weighted by molar-refractivity contribution is 0.313. The fraction of sp³-hybridized carbons (Fsp3) is 0.700. The van der Waals surface area contributed by atoms with Crippen molar-refractivity contribution >= 4 is 0 Å². The van der Waals surface area contributed by atoms with E-state index in [0.29, 0.717) is 5.92 Å². The van der Waals surface area contributed by atoms with Crippen molar-refractivity contribution in [3.05, 3.63) is 17.8 Å². The summed E-state index contributed by atoms with van der Waals surface area (Å²) in [5.41, 5.74) is 6.66. The normalized spacial score (nSPS) is 23.1. The van der Waals surface area contributed by atoms with Crippen molar-refractivity contribution in [1.29, 1.82) is 0 Å². The van der Waals surface area contributed by atoms with Crippen LogP contribution < -0.4 is 5.73 Å². The van der Waals surface area contributed by atoms with Gasteiger partial charge in [0.05, 0.1) is 5.69 Å². The first kappa shape index (κ1) is 9.68. The largest absolute Gasteiger partial charge is 0.449 e. The molecule has 14 heavy (non-hydrogen) atoms. The Morgan fingerprint density at radius 2 is 2.57 bits per heavy atom. The molecule has 2 heterocycles. The second-order valence-electron chi connectivity index (χ2n) is 3.98. The third-order valence-corrected chi connectivity index (χ3v) is 2.76. The van der Waals surface area contributed by atoms with Crippen molar-refractivity contribution in [3.63, 3.8) is 0 Å². The van der Waals surface area contributed by atoms with E-state index in [2.05, 4.69) is 9.88 Å². The number of aryl methyl sites for hydroxylation is 1. The van der Waals surface area contributed by atoms with E-state index < -0.39 is 0 Å². The van der Waals surface area contributed by atoms with Crippen LogP contribution in [-0.4, -0.2) is 29.5 Å². The SMILES string of the molecule is Cc1nc(CN2CCC(CN)C2)co1. The van der Waals surface area contributed by atoms with Gasteiger partial charge in [0.1, 0.15) is 6.26 Å². The average molecular weight is 195 g/mol. The molecule has 2 N–H and O–H groups in total. The summed E-state index contributed by atoms with van der Waals surface area (Å²) >= 11 is 0. The van der Waals surface area contributed by atoms with Crippen LogP contribution in [0, 0.1) is 12.8 Å². The molecule has 78 valence electrons. The molecule has 0 saturated carbocycles. The molecule has 2 rings (SSSR count). The zero-order chi connectivity index (χ0) is 9.97. The number of rotatable bonds is 3. The molecular formula is C10H17N3O. The Balaban J connectivity index is 1.87. The van der Waals surface area contributed by atoms with Gasteiger partial charge >= 0.3 is 0 Å². The van der Waals surface area contributed by atoms with Crippen LogP contribution in [0.2, 0.25) is 0 Å². The zero-order valence-electron chi connectivity index (χ0n) is 8.57. The van der Waals surface area contributed by atoms with E-state index in [1.165, 1.54) is 6.42 Å². The molecular weight excluding hydrogens is 178 g/mol. The maximum atomic E-state index is 5.63. The van der Waals surface area contributed by atoms with Gasteiger partial charge in [-0.25, -0.2) is 4.98 Å². The van der Waals surface area contributed by atoms with Gasteiger partial charge in [0.15, 0.2) is 5.89 Å². The van der Waals surface area contributed by atoms with Crippen LogP contribution in [0.15, 0.2) is 10.7 Å². The molecule has 0 amide bonds. The number of hydrogen-bond acceptors (Lipinski definition) is 4. The van der Waals surface area contributed by atoms with Crippen LogP contribution in [0.3, 0.4) is 0 Å². The van der Waals surface area contributed by atoms with E-state index >= 15 is 0 Å². The standard InChI is InChI=1S/C10H17N3O/c1-8-12-10(7-14-8)6-13-3-2-9(4-11)5-13/h7,9H,2-6,11H2,1H3. The van der Waals surface area contributed by atoms with Crippen LogP contribution in [0.5, 0.6) is 0 Å². The highest BCUT2D eigenvalue weighted by Gasteiger charge is 2.21. The second-order valence-corrected chi connectivity index (χ2v) is 3.98. The smallest absolute Gasteiger partial charge is 0.191 e. The highest BCUT2D eigenvalue weighted by Crippen LogP contribution is 2.17. The van der Waals surface area contributed by atoms with E-state index in [-0.39, 0.29) is 0 Å². The summed E-state index contributed by atoms with van der Waals surface area (Å²) in [5.74, 6) is 1.41. The minimum absolute atomic E-state index is 0.669. The summed E-state index contributed by atoms with van der Waals surface area (Å²) in [5, 5.41) is 0. The van der Waals surface area contributed by atoms with Crippen molar-refractivity contribution < 1.29 is 4.42 Å². The van der Waals surface area contributed by atoms with Crippen molar-refractivity contribution in [2.45, 2.75) is 19.9 Å². The van der Waals surface area contributed by atoms with Gasteiger partial charge < -0.3 is 10.2 Å². The van der Waals surface area contributed by atoms with Crippen molar-refractivity contribution in [2.75, 3.05) is 19.6 Å². The average Bonchev–Trinajstić information content (AvgIpc) is 2.76. The van der Waals surface area contributed by atoms with Gasteiger partial charge in [0, 0.05) is 20.0 Å². The highest BCUT2D eigenvalue weighted by molar-refractivity contribution is 4.96. The number of oxazole rings is 1. The lowest BCUT2D eigenvalue weighted by Crippen LogP contribution is -2.22. The van der Waals surface area contributed by atoms with Gasteiger partial charge in [-0.3, -0.25) is 4.90 Å². The summed E-state index contributed by atoms with van der Waals surface area (Å²) < 4.78 is 5.17. The predicted molar refractivity (Wildman–Crippen MR) is 53.7 cm³/mol. The molecule has 1 aliphatic rings. The monoisotopic (exact) mass is 195 g/mol. The second kappa shape index (κ2) is 4.11. The minimum atomic E-state index is 0.669. The molecule has 0 radical (unpaired) electrons. The summed E-state index contributed by atoms with van der Waals surface area (Å²) in [6, 6.07) is 0. The molecule has 4 nitrogen and oxygen atoms in total. The lowest BCUT2D eigenvalue weighted by atomic mass is 10.1. The number of likely N-dealkylation sites (tertiary alicyclic amines) is 1. The molecule has 0 bridgehead atoms. The highest BCUT2D eigenvalue weighted by atomic mass is 16.3. The van der Waals surface area contributed by atoms with Crippen LogP contribution in [0.1, 0.15) is 18.0 Å². The van der Waals surface area contributed by atoms with Gasteiger partial charge in [-0.05, 0) is 25.4 Å². The summed E-state index contributed by atoms with van der Waals surface area (Å²) in [4.78, 5) is 6.67. The number of hydrogen-bond donors (Lipinski definition) is 1. The summed E-state index contributed by atoms with van der Waals surface area (Å²) in [6.07, 6.45) is 2.96. The Bertz CT molecular complexity index is 297. The van der Waals surface area contributed by atoms with Crippen LogP contribution in [0.4, 0.5) is 0 Å². The van der Waals surface area contributed by atoms with Crippen molar-refractivity contribution in [3.8, 4) is 0 Å². The third-order valence-electron chi connectivity index (χ3n) is 2.76. The molecule has 1 aromatic rings. The number of nitrogens with zero attached hydrogens (tertiary/aromatic N) is 2. The zero-order valence-corrected chi connectivity index (χ0v) is 8.57. The van der Waals surface area contributed by atoms with Gasteiger partial charge in [-0.15, -0.1) is 0 Å². The van der Waals surface area contributed by atoms with Crippen LogP contribution in [0.25, 0.3) is 0 Å². The first-order valence-electron chi connectivity index (χ1n) is 5.11. The Labute approximate surface area is 84.1 Å². The predicted octanol–water partition coefficient (Wildman–Crippen LogP) is 0.764. The quantitative estimate of drug-likeness (QED) is 0.773. The maximum absolute atomic E-state index is 5.63. The van der Waals surface area contributed by atoms with E-state index in [9.17, 15) is 0 Å². The molecule has 1 fully saturated rings. The first-order valence-corrected chi connectivity index (χ1v) is 5.11. The fourth-order valence-electron chi connectivity index (χ4n) is 1.96. The molecule has 1 unspecified atom stereocenters. The molecule has 1 atom stereocenters. The van der Waals surface area contributed by atoms with E-state index in [1.54, 1.807) is 6.26 Å². The maximum Gasteiger partial charge on any atom is 0.191 e. The van der Waals surface area contributed by atoms with Gasteiger partial charge in [0.2, 0.25) is 0 Å². The Hall–Kier alpha value is -0.870. The number of aromatic nitrogens is 1. The molecule has 1 saturated heterocycles. The molecule has 0 aromatic carbocycles. The summed E-state index contributed by atoms with van der Waals surface area (Å²) in [7, 11) is 0. The molecule has 4 heteroatoms. The van der Waals surface area contributed by atoms with Crippen molar-refractivity contribution in [1.82, 2.24) is 9.88 Å². The molecule has 0 aliphatic carbocycles. The van der Waals surface area contributed by atoms with Crippen molar-refractivity contribution in [2.24, 2.45) is 11.7 Å². The Kier molecular flexibility index (Phi) is 2.84. The van der Waals surface area contributed by atoms with E-state index in [0.717, 1.165) is 37.8 Å². The fourth-order valence-corrected chi connectivity index (χ4v) is 1.96. The third kappa shape index (κ3) is 2.13. The minimum Gasteiger partial charge on any atom is -0.449 e.